The topological polar surface area (TPSA) is 132 Å². The average molecular weight is 362 g/mol. The summed E-state index contributed by atoms with van der Waals surface area (Å²) in [6.45, 7) is 0.385. The average Bonchev–Trinajstić information content (AvgIpc) is 3.03. The van der Waals surface area contributed by atoms with Crippen LogP contribution in [0, 0.1) is 10.1 Å². The number of hydrogen-bond donors (Lipinski definition) is 2. The lowest BCUT2D eigenvalue weighted by Gasteiger charge is -2.07. The van der Waals surface area contributed by atoms with Crippen molar-refractivity contribution < 1.29 is 13.3 Å². The first-order valence-electron chi connectivity index (χ1n) is 7.25. The van der Waals surface area contributed by atoms with Crippen LogP contribution in [0.3, 0.4) is 0 Å². The SMILES string of the molecule is O=[N+]([O-])c1cnc2ccc(NCCNS(=O)(=O)c3ccccc3)nn12. The Balaban J connectivity index is 1.62. The Morgan fingerprint density at radius 3 is 2.60 bits per heavy atom. The van der Waals surface area contributed by atoms with Gasteiger partial charge in [-0.05, 0) is 23.1 Å². The van der Waals surface area contributed by atoms with E-state index in [-0.39, 0.29) is 23.8 Å². The van der Waals surface area contributed by atoms with Crippen molar-refractivity contribution in [3.8, 4) is 0 Å². The molecule has 0 unspecified atom stereocenters. The lowest BCUT2D eigenvalue weighted by atomic mass is 10.4. The molecule has 0 bridgehead atoms. The molecule has 2 N–H and O–H groups in total. The minimum Gasteiger partial charge on any atom is -0.366 e. The van der Waals surface area contributed by atoms with Crippen molar-refractivity contribution >= 4 is 27.3 Å². The van der Waals surface area contributed by atoms with Crippen LogP contribution in [-0.2, 0) is 10.0 Å². The van der Waals surface area contributed by atoms with E-state index in [9.17, 15) is 18.5 Å². The van der Waals surface area contributed by atoms with Crippen molar-refractivity contribution in [3.63, 3.8) is 0 Å². The number of rotatable bonds is 7. The lowest BCUT2D eigenvalue weighted by Crippen LogP contribution is -2.29. The van der Waals surface area contributed by atoms with Gasteiger partial charge in [-0.15, -0.1) is 0 Å². The molecule has 1 aromatic carbocycles. The Morgan fingerprint density at radius 1 is 1.12 bits per heavy atom. The highest BCUT2D eigenvalue weighted by Gasteiger charge is 2.16. The molecule has 2 aromatic heterocycles. The van der Waals surface area contributed by atoms with E-state index in [1.807, 2.05) is 0 Å². The fourth-order valence-electron chi connectivity index (χ4n) is 2.14. The number of sulfonamides is 1. The molecule has 0 aliphatic rings. The van der Waals surface area contributed by atoms with Crippen LogP contribution >= 0.6 is 0 Å². The third-order valence-electron chi connectivity index (χ3n) is 3.31. The van der Waals surface area contributed by atoms with Crippen LogP contribution in [0.15, 0.2) is 53.6 Å². The van der Waals surface area contributed by atoms with Gasteiger partial charge in [0.15, 0.2) is 5.82 Å². The zero-order valence-corrected chi connectivity index (χ0v) is 13.7. The summed E-state index contributed by atoms with van der Waals surface area (Å²) in [5.41, 5.74) is 0.349. The fourth-order valence-corrected chi connectivity index (χ4v) is 3.19. The third kappa shape index (κ3) is 3.72. The number of nitro groups is 1. The second kappa shape index (κ2) is 6.83. The molecule has 0 aliphatic carbocycles. The molecule has 11 heteroatoms. The summed E-state index contributed by atoms with van der Waals surface area (Å²) in [5, 5.41) is 17.9. The van der Waals surface area contributed by atoms with Crippen LogP contribution in [0.2, 0.25) is 0 Å². The molecular formula is C14H14N6O4S. The highest BCUT2D eigenvalue weighted by Crippen LogP contribution is 2.14. The van der Waals surface area contributed by atoms with Crippen LogP contribution in [0.5, 0.6) is 0 Å². The monoisotopic (exact) mass is 362 g/mol. The Kier molecular flexibility index (Phi) is 4.59. The highest BCUT2D eigenvalue weighted by molar-refractivity contribution is 7.89. The summed E-state index contributed by atoms with van der Waals surface area (Å²) < 4.78 is 27.7. The summed E-state index contributed by atoms with van der Waals surface area (Å²) in [7, 11) is -3.57. The van der Waals surface area contributed by atoms with Crippen LogP contribution in [0.1, 0.15) is 0 Å². The van der Waals surface area contributed by atoms with E-state index in [1.165, 1.54) is 12.1 Å². The van der Waals surface area contributed by atoms with Crippen molar-refractivity contribution in [1.82, 2.24) is 19.3 Å². The van der Waals surface area contributed by atoms with Crippen molar-refractivity contribution in [1.29, 1.82) is 0 Å². The predicted octanol–water partition coefficient (Wildman–Crippen LogP) is 1.03. The van der Waals surface area contributed by atoms with E-state index in [2.05, 4.69) is 20.1 Å². The van der Waals surface area contributed by atoms with Crippen LogP contribution < -0.4 is 10.0 Å². The smallest absolute Gasteiger partial charge is 0.366 e. The number of anilines is 1. The molecule has 130 valence electrons. The quantitative estimate of drug-likeness (QED) is 0.364. The van der Waals surface area contributed by atoms with E-state index < -0.39 is 14.9 Å². The fraction of sp³-hybridized carbons (Fsp3) is 0.143. The van der Waals surface area contributed by atoms with Gasteiger partial charge in [-0.2, -0.15) is 0 Å². The number of fused-ring (bicyclic) bond motifs is 1. The Morgan fingerprint density at radius 2 is 1.88 bits per heavy atom. The zero-order valence-electron chi connectivity index (χ0n) is 12.9. The van der Waals surface area contributed by atoms with Crippen LogP contribution in [-0.4, -0.2) is 41.0 Å². The molecule has 3 aromatic rings. The number of hydrogen-bond acceptors (Lipinski definition) is 7. The van der Waals surface area contributed by atoms with E-state index in [0.29, 0.717) is 11.5 Å². The van der Waals surface area contributed by atoms with Gasteiger partial charge < -0.3 is 15.4 Å². The molecule has 0 aliphatic heterocycles. The third-order valence-corrected chi connectivity index (χ3v) is 4.79. The molecular weight excluding hydrogens is 348 g/mol. The van der Waals surface area contributed by atoms with E-state index in [1.54, 1.807) is 30.3 Å². The summed E-state index contributed by atoms with van der Waals surface area (Å²) in [6, 6.07) is 11.2. The standard InChI is InChI=1S/C14H14N6O4S/c21-20(22)14-10-16-13-7-6-12(18-19(13)14)15-8-9-17-25(23,24)11-4-2-1-3-5-11/h1-7,10,17H,8-9H2,(H,15,18). The van der Waals surface area contributed by atoms with Gasteiger partial charge in [-0.3, -0.25) is 0 Å². The number of nitrogens with zero attached hydrogens (tertiary/aromatic N) is 4. The first-order valence-corrected chi connectivity index (χ1v) is 8.73. The maximum Gasteiger partial charge on any atom is 0.368 e. The summed E-state index contributed by atoms with van der Waals surface area (Å²) >= 11 is 0. The van der Waals surface area contributed by atoms with E-state index >= 15 is 0 Å². The largest absolute Gasteiger partial charge is 0.368 e. The molecule has 2 heterocycles. The molecule has 0 spiro atoms. The molecule has 25 heavy (non-hydrogen) atoms. The van der Waals surface area contributed by atoms with Gasteiger partial charge >= 0.3 is 5.82 Å². The van der Waals surface area contributed by atoms with Crippen molar-refractivity contribution in [2.45, 2.75) is 4.90 Å². The Labute approximate surface area is 142 Å². The number of imidazole rings is 1. The molecule has 10 nitrogen and oxygen atoms in total. The second-order valence-electron chi connectivity index (χ2n) is 5.00. The summed E-state index contributed by atoms with van der Waals surface area (Å²) in [6.07, 6.45) is 1.13. The predicted molar refractivity (Wildman–Crippen MR) is 89.8 cm³/mol. The minimum absolute atomic E-state index is 0.128. The normalized spacial score (nSPS) is 11.5. The second-order valence-corrected chi connectivity index (χ2v) is 6.77. The zero-order chi connectivity index (χ0) is 17.9. The van der Waals surface area contributed by atoms with Crippen molar-refractivity contribution in [2.75, 3.05) is 18.4 Å². The van der Waals surface area contributed by atoms with E-state index in [0.717, 1.165) is 10.7 Å². The Hall–Kier alpha value is -3.05. The molecule has 0 fully saturated rings. The van der Waals surface area contributed by atoms with Gasteiger partial charge in [0.05, 0.1) is 4.90 Å². The first-order chi connectivity index (χ1) is 12.0. The maximum absolute atomic E-state index is 12.1. The minimum atomic E-state index is -3.57. The highest BCUT2D eigenvalue weighted by atomic mass is 32.2. The number of aromatic nitrogens is 3. The van der Waals surface area contributed by atoms with Crippen molar-refractivity contribution in [3.05, 3.63) is 58.8 Å². The Bertz CT molecular complexity index is 1000. The molecule has 0 radical (unpaired) electrons. The molecule has 0 saturated heterocycles. The lowest BCUT2D eigenvalue weighted by molar-refractivity contribution is -0.391. The van der Waals surface area contributed by atoms with Gasteiger partial charge in [0.25, 0.3) is 0 Å². The number of nitrogens with one attached hydrogen (secondary N) is 2. The van der Waals surface area contributed by atoms with Crippen LogP contribution in [0.4, 0.5) is 11.6 Å². The van der Waals surface area contributed by atoms with Gasteiger partial charge in [0.1, 0.15) is 6.20 Å². The number of benzene rings is 1. The summed E-state index contributed by atoms with van der Waals surface area (Å²) in [4.78, 5) is 14.4. The summed E-state index contributed by atoms with van der Waals surface area (Å²) in [5.74, 6) is 0.121. The molecule has 0 atom stereocenters. The molecule has 0 amide bonds. The molecule has 3 rings (SSSR count). The molecule has 0 saturated carbocycles. The van der Waals surface area contributed by atoms with E-state index in [4.69, 9.17) is 0 Å². The maximum atomic E-state index is 12.1. The van der Waals surface area contributed by atoms with Gasteiger partial charge in [-0.1, -0.05) is 27.8 Å². The first kappa shape index (κ1) is 16.8. The van der Waals surface area contributed by atoms with Gasteiger partial charge in [0, 0.05) is 19.2 Å². The van der Waals surface area contributed by atoms with Crippen molar-refractivity contribution in [2.24, 2.45) is 0 Å². The van der Waals surface area contributed by atoms with Gasteiger partial charge in [-0.25, -0.2) is 18.1 Å². The van der Waals surface area contributed by atoms with Gasteiger partial charge in [0.2, 0.25) is 15.7 Å². The van der Waals surface area contributed by atoms with Crippen LogP contribution in [0.25, 0.3) is 5.65 Å².